The first-order valence-electron chi connectivity index (χ1n) is 4.70. The Labute approximate surface area is 126 Å². The van der Waals surface area contributed by atoms with E-state index < -0.39 is 10.2 Å². The molecule has 0 atom stereocenters. The summed E-state index contributed by atoms with van der Waals surface area (Å²) in [6, 6.07) is 1.75. The van der Waals surface area contributed by atoms with Crippen LogP contribution in [-0.4, -0.2) is 33.2 Å². The first-order chi connectivity index (χ1) is 9.36. The number of hydrogen-bond acceptors (Lipinski definition) is 7. The molecular weight excluding hydrogens is 376 g/mol. The van der Waals surface area contributed by atoms with Crippen molar-refractivity contribution >= 4 is 55.6 Å². The molecule has 1 aromatic heterocycles. The Morgan fingerprint density at radius 2 is 1.95 bits per heavy atom. The molecule has 0 saturated carbocycles. The molecule has 0 unspecified atom stereocenters. The Morgan fingerprint density at radius 3 is 2.30 bits per heavy atom. The van der Waals surface area contributed by atoms with Gasteiger partial charge in [0.25, 0.3) is 12.2 Å². The molecule has 20 heavy (non-hydrogen) atoms. The van der Waals surface area contributed by atoms with Gasteiger partial charge in [0.15, 0.2) is 0 Å². The lowest BCUT2D eigenvalue weighted by atomic mass is 10.5. The Bertz CT molecular complexity index is 632. The molecule has 0 radical (unpaired) electrons. The molecule has 0 aromatic carbocycles. The maximum Gasteiger partial charge on any atom is 0.383 e. The van der Waals surface area contributed by atoms with E-state index in [9.17, 15) is 22.8 Å². The van der Waals surface area contributed by atoms with Crippen LogP contribution in [0.5, 0.6) is 0 Å². The number of halogens is 1. The number of carbonyl (C=O) groups excluding carboxylic acids is 3. The summed E-state index contributed by atoms with van der Waals surface area (Å²) >= 11 is 4.63. The van der Waals surface area contributed by atoms with E-state index in [2.05, 4.69) is 24.7 Å². The molecule has 0 fully saturated rings. The SMILES string of the molecule is CCOC(=O)c1cc(Br)cs1.O=C=NS(=O)(=O)N=C=O. The van der Waals surface area contributed by atoms with Gasteiger partial charge in [0, 0.05) is 9.85 Å². The van der Waals surface area contributed by atoms with Crippen molar-refractivity contribution in [3.05, 3.63) is 20.8 Å². The topological polar surface area (TPSA) is 119 Å². The van der Waals surface area contributed by atoms with Crippen molar-refractivity contribution < 1.29 is 27.5 Å². The largest absolute Gasteiger partial charge is 0.462 e. The molecule has 0 bridgehead atoms. The summed E-state index contributed by atoms with van der Waals surface area (Å²) in [6.07, 6.45) is 1.41. The molecule has 11 heteroatoms. The molecule has 0 aliphatic rings. The van der Waals surface area contributed by atoms with Crippen molar-refractivity contribution in [1.82, 2.24) is 0 Å². The van der Waals surface area contributed by atoms with Crippen LogP contribution in [-0.2, 0) is 24.5 Å². The fourth-order valence-electron chi connectivity index (χ4n) is 0.737. The zero-order valence-corrected chi connectivity index (χ0v) is 13.1. The lowest BCUT2D eigenvalue weighted by Gasteiger charge is -1.95. The van der Waals surface area contributed by atoms with Crippen molar-refractivity contribution in [3.63, 3.8) is 0 Å². The van der Waals surface area contributed by atoms with Crippen molar-refractivity contribution in [2.75, 3.05) is 6.61 Å². The number of carbonyl (C=O) groups is 1. The second-order valence-electron chi connectivity index (χ2n) is 2.66. The highest BCUT2D eigenvalue weighted by Gasteiger charge is 2.07. The number of rotatable bonds is 4. The summed E-state index contributed by atoms with van der Waals surface area (Å²) in [5, 5.41) is 1.85. The predicted molar refractivity (Wildman–Crippen MR) is 73.1 cm³/mol. The number of isocyanates is 2. The van der Waals surface area contributed by atoms with E-state index in [0.717, 1.165) is 4.47 Å². The normalized spacial score (nSPS) is 9.30. The van der Waals surface area contributed by atoms with E-state index in [1.165, 1.54) is 11.3 Å². The van der Waals surface area contributed by atoms with Gasteiger partial charge in [-0.05, 0) is 28.9 Å². The predicted octanol–water partition coefficient (Wildman–Crippen LogP) is 1.59. The van der Waals surface area contributed by atoms with E-state index in [4.69, 9.17) is 4.74 Å². The summed E-state index contributed by atoms with van der Waals surface area (Å²) in [5.41, 5.74) is 0. The molecule has 108 valence electrons. The van der Waals surface area contributed by atoms with Crippen molar-refractivity contribution in [1.29, 1.82) is 0 Å². The van der Waals surface area contributed by atoms with E-state index in [1.54, 1.807) is 13.0 Å². The van der Waals surface area contributed by atoms with Crippen LogP contribution in [0.15, 0.2) is 24.7 Å². The minimum atomic E-state index is -4.28. The first kappa shape index (κ1) is 18.4. The Morgan fingerprint density at radius 1 is 1.40 bits per heavy atom. The number of esters is 1. The third-order valence-corrected chi connectivity index (χ3v) is 3.63. The zero-order chi connectivity index (χ0) is 15.6. The van der Waals surface area contributed by atoms with Crippen LogP contribution in [0.4, 0.5) is 0 Å². The highest BCUT2D eigenvalue weighted by atomic mass is 79.9. The summed E-state index contributed by atoms with van der Waals surface area (Å²) in [4.78, 5) is 30.1. The molecule has 0 aliphatic heterocycles. The highest BCUT2D eigenvalue weighted by Crippen LogP contribution is 2.20. The second-order valence-corrected chi connectivity index (χ2v) is 5.75. The average Bonchev–Trinajstić information content (AvgIpc) is 2.77. The average molecular weight is 383 g/mol. The van der Waals surface area contributed by atoms with Crippen LogP contribution >= 0.6 is 27.3 Å². The van der Waals surface area contributed by atoms with Crippen molar-refractivity contribution in [2.24, 2.45) is 8.80 Å². The van der Waals surface area contributed by atoms with Crippen LogP contribution < -0.4 is 0 Å². The van der Waals surface area contributed by atoms with E-state index in [1.807, 2.05) is 5.38 Å². The molecule has 8 nitrogen and oxygen atoms in total. The Kier molecular flexibility index (Phi) is 8.53. The molecule has 0 aliphatic carbocycles. The first-order valence-corrected chi connectivity index (χ1v) is 7.77. The third-order valence-electron chi connectivity index (χ3n) is 1.35. The summed E-state index contributed by atoms with van der Waals surface area (Å²) in [5.74, 6) is -0.247. The number of nitrogens with zero attached hydrogens (tertiary/aromatic N) is 2. The van der Waals surface area contributed by atoms with Gasteiger partial charge in [0.2, 0.25) is 0 Å². The Hall–Kier alpha value is -1.64. The summed E-state index contributed by atoms with van der Waals surface area (Å²) in [7, 11) is -4.28. The van der Waals surface area contributed by atoms with Gasteiger partial charge >= 0.3 is 16.2 Å². The van der Waals surface area contributed by atoms with E-state index in [0.29, 0.717) is 23.6 Å². The van der Waals surface area contributed by atoms with E-state index in [-0.39, 0.29) is 5.97 Å². The van der Waals surface area contributed by atoms with Gasteiger partial charge < -0.3 is 4.74 Å². The fraction of sp³-hybridized carbons (Fsp3) is 0.222. The maximum atomic E-state index is 11.0. The monoisotopic (exact) mass is 382 g/mol. The van der Waals surface area contributed by atoms with Crippen LogP contribution in [0.2, 0.25) is 0 Å². The standard InChI is InChI=1S/C7H7BrO2S.C2N2O4S/c1-2-10-7(9)6-3-5(8)4-11-6;5-1-3-9(7,8)4-2-6/h3-4H,2H2,1H3;. The smallest absolute Gasteiger partial charge is 0.383 e. The molecule has 0 amide bonds. The third kappa shape index (κ3) is 7.72. The number of ether oxygens (including phenoxy) is 1. The van der Waals surface area contributed by atoms with Crippen molar-refractivity contribution in [3.8, 4) is 0 Å². The lowest BCUT2D eigenvalue weighted by Crippen LogP contribution is -2.01. The molecule has 1 aromatic rings. The maximum absolute atomic E-state index is 11.0. The molecule has 1 rings (SSSR count). The van der Waals surface area contributed by atoms with Gasteiger partial charge in [0.05, 0.1) is 6.61 Å². The number of hydrogen-bond donors (Lipinski definition) is 0. The number of thiophene rings is 1. The summed E-state index contributed by atoms with van der Waals surface area (Å²) in [6.45, 7) is 2.22. The van der Waals surface area contributed by atoms with Gasteiger partial charge in [-0.2, -0.15) is 8.42 Å². The van der Waals surface area contributed by atoms with Gasteiger partial charge in [-0.1, -0.05) is 8.80 Å². The van der Waals surface area contributed by atoms with Gasteiger partial charge in [0.1, 0.15) is 4.88 Å². The van der Waals surface area contributed by atoms with Gasteiger partial charge in [-0.25, -0.2) is 14.4 Å². The molecule has 0 spiro atoms. The zero-order valence-electron chi connectivity index (χ0n) is 9.90. The van der Waals surface area contributed by atoms with E-state index >= 15 is 0 Å². The van der Waals surface area contributed by atoms with Crippen LogP contribution in [0.1, 0.15) is 16.6 Å². The van der Waals surface area contributed by atoms with Crippen molar-refractivity contribution in [2.45, 2.75) is 6.92 Å². The highest BCUT2D eigenvalue weighted by molar-refractivity contribution is 9.10. The van der Waals surface area contributed by atoms with Crippen LogP contribution in [0.25, 0.3) is 0 Å². The molecule has 0 N–H and O–H groups in total. The molecular formula is C9H7BrN2O6S2. The molecule has 1 heterocycles. The van der Waals surface area contributed by atoms with Gasteiger partial charge in [-0.15, -0.1) is 11.3 Å². The van der Waals surface area contributed by atoms with Crippen LogP contribution in [0, 0.1) is 0 Å². The minimum absolute atomic E-state index is 0.247. The fourth-order valence-corrected chi connectivity index (χ4v) is 2.28. The lowest BCUT2D eigenvalue weighted by molar-refractivity contribution is 0.0532. The summed E-state index contributed by atoms with van der Waals surface area (Å²) < 4.78 is 30.0. The minimum Gasteiger partial charge on any atom is -0.462 e. The van der Waals surface area contributed by atoms with Gasteiger partial charge in [-0.3, -0.25) is 0 Å². The quantitative estimate of drug-likeness (QED) is 0.442. The Balaban J connectivity index is 0.000000370. The second kappa shape index (κ2) is 9.29. The molecule has 0 saturated heterocycles. The van der Waals surface area contributed by atoms with Crippen LogP contribution in [0.3, 0.4) is 0 Å².